The van der Waals surface area contributed by atoms with Crippen LogP contribution in [-0.2, 0) is 20.2 Å². The molecule has 1 aliphatic rings. The molecule has 0 spiro atoms. The summed E-state index contributed by atoms with van der Waals surface area (Å²) in [7, 11) is -3.55. The molecule has 126 valence electrons. The predicted octanol–water partition coefficient (Wildman–Crippen LogP) is 2.88. The summed E-state index contributed by atoms with van der Waals surface area (Å²) >= 11 is 1.17. The molecule has 0 atom stereocenters. The van der Waals surface area contributed by atoms with Gasteiger partial charge in [-0.1, -0.05) is 24.3 Å². The summed E-state index contributed by atoms with van der Waals surface area (Å²) in [6.45, 7) is 4.04. The van der Waals surface area contributed by atoms with E-state index in [4.69, 9.17) is 0 Å². The highest BCUT2D eigenvalue weighted by atomic mass is 32.2. The number of benzene rings is 1. The molecule has 0 aliphatic heterocycles. The van der Waals surface area contributed by atoms with Crippen molar-refractivity contribution < 1.29 is 13.2 Å². The molecule has 2 aromatic rings. The Labute approximate surface area is 145 Å². The van der Waals surface area contributed by atoms with Crippen molar-refractivity contribution >= 4 is 33.0 Å². The van der Waals surface area contributed by atoms with Gasteiger partial charge in [0.05, 0.1) is 5.41 Å². The molecular weight excluding hydrogens is 344 g/mol. The molecule has 24 heavy (non-hydrogen) atoms. The first-order valence-corrected chi connectivity index (χ1v) is 9.90. The van der Waals surface area contributed by atoms with Crippen LogP contribution in [0.1, 0.15) is 18.4 Å². The van der Waals surface area contributed by atoms with Gasteiger partial charge in [0.1, 0.15) is 4.21 Å². The number of amides is 1. The lowest BCUT2D eigenvalue weighted by molar-refractivity contribution is -0.123. The van der Waals surface area contributed by atoms with E-state index in [1.54, 1.807) is 35.7 Å². The first-order chi connectivity index (χ1) is 11.5. The number of carbonyl (C=O) groups is 1. The normalized spacial score (nSPS) is 15.5. The number of thiophene rings is 1. The lowest BCUT2D eigenvalue weighted by Gasteiger charge is -2.16. The van der Waals surface area contributed by atoms with Crippen LogP contribution in [0.25, 0.3) is 0 Å². The van der Waals surface area contributed by atoms with Crippen molar-refractivity contribution in [2.45, 2.75) is 22.5 Å². The van der Waals surface area contributed by atoms with Crippen molar-refractivity contribution in [3.8, 4) is 0 Å². The Bertz CT molecular complexity index is 836. The summed E-state index contributed by atoms with van der Waals surface area (Å²) in [5.41, 5.74) is 0.909. The van der Waals surface area contributed by atoms with Gasteiger partial charge in [0.25, 0.3) is 10.0 Å². The zero-order valence-electron chi connectivity index (χ0n) is 13.0. The van der Waals surface area contributed by atoms with E-state index in [-0.39, 0.29) is 10.1 Å². The molecule has 0 bridgehead atoms. The highest BCUT2D eigenvalue weighted by Crippen LogP contribution is 2.48. The maximum absolute atomic E-state index is 12.3. The molecule has 1 amide bonds. The standard InChI is InChI=1S/C17H18N2O3S2/c1-2-11-18-16(20)17(9-10-17)13-5-7-14(8-6-13)19-24(21,22)15-4-3-12-23-15/h2-8,12,19H,1,9-11H2,(H,18,20). The van der Waals surface area contributed by atoms with E-state index in [0.29, 0.717) is 12.2 Å². The fraction of sp³-hybridized carbons (Fsp3) is 0.235. The summed E-state index contributed by atoms with van der Waals surface area (Å²) in [4.78, 5) is 12.3. The topological polar surface area (TPSA) is 75.3 Å². The van der Waals surface area contributed by atoms with Gasteiger partial charge < -0.3 is 5.32 Å². The van der Waals surface area contributed by atoms with Crippen LogP contribution >= 0.6 is 11.3 Å². The fourth-order valence-corrected chi connectivity index (χ4v) is 4.64. The van der Waals surface area contributed by atoms with Crippen LogP contribution in [0.5, 0.6) is 0 Å². The van der Waals surface area contributed by atoms with Gasteiger partial charge >= 0.3 is 0 Å². The number of rotatable bonds is 7. The molecule has 5 nitrogen and oxygen atoms in total. The Balaban J connectivity index is 1.75. The minimum atomic E-state index is -3.55. The number of nitrogens with one attached hydrogen (secondary N) is 2. The third kappa shape index (κ3) is 3.22. The summed E-state index contributed by atoms with van der Waals surface area (Å²) in [6.07, 6.45) is 3.25. The zero-order valence-corrected chi connectivity index (χ0v) is 14.6. The molecule has 1 aromatic carbocycles. The number of hydrogen-bond donors (Lipinski definition) is 2. The number of hydrogen-bond acceptors (Lipinski definition) is 4. The SMILES string of the molecule is C=CCNC(=O)C1(c2ccc(NS(=O)(=O)c3cccs3)cc2)CC1. The van der Waals surface area contributed by atoms with Crippen LogP contribution < -0.4 is 10.0 Å². The third-order valence-corrected chi connectivity index (χ3v) is 6.82. The highest BCUT2D eigenvalue weighted by molar-refractivity contribution is 7.94. The van der Waals surface area contributed by atoms with E-state index in [9.17, 15) is 13.2 Å². The first-order valence-electron chi connectivity index (χ1n) is 7.54. The van der Waals surface area contributed by atoms with Crippen molar-refractivity contribution in [2.24, 2.45) is 0 Å². The van der Waals surface area contributed by atoms with Crippen molar-refractivity contribution in [2.75, 3.05) is 11.3 Å². The fourth-order valence-electron chi connectivity index (χ4n) is 2.59. The summed E-state index contributed by atoms with van der Waals surface area (Å²) in [5, 5.41) is 4.56. The van der Waals surface area contributed by atoms with E-state index in [0.717, 1.165) is 18.4 Å². The van der Waals surface area contributed by atoms with Gasteiger partial charge in [-0.2, -0.15) is 0 Å². The van der Waals surface area contributed by atoms with Gasteiger partial charge in [0, 0.05) is 12.2 Å². The van der Waals surface area contributed by atoms with Crippen molar-refractivity contribution in [3.63, 3.8) is 0 Å². The Morgan fingerprint density at radius 1 is 1.25 bits per heavy atom. The average Bonchev–Trinajstić information content (AvgIpc) is 3.17. The van der Waals surface area contributed by atoms with Crippen LogP contribution in [0.4, 0.5) is 5.69 Å². The number of sulfonamides is 1. The molecule has 2 N–H and O–H groups in total. The highest BCUT2D eigenvalue weighted by Gasteiger charge is 2.50. The molecule has 0 radical (unpaired) electrons. The quantitative estimate of drug-likeness (QED) is 0.744. The maximum atomic E-state index is 12.3. The van der Waals surface area contributed by atoms with E-state index >= 15 is 0 Å². The monoisotopic (exact) mass is 362 g/mol. The second-order valence-corrected chi connectivity index (χ2v) is 8.55. The Kier molecular flexibility index (Phi) is 4.47. The number of anilines is 1. The smallest absolute Gasteiger partial charge is 0.271 e. The molecule has 1 fully saturated rings. The van der Waals surface area contributed by atoms with Gasteiger partial charge in [0.2, 0.25) is 5.91 Å². The zero-order chi connectivity index (χ0) is 17.2. The van der Waals surface area contributed by atoms with E-state index in [2.05, 4.69) is 16.6 Å². The molecule has 1 aromatic heterocycles. The molecule has 1 aliphatic carbocycles. The van der Waals surface area contributed by atoms with Gasteiger partial charge in [-0.05, 0) is 42.0 Å². The first kappa shape index (κ1) is 16.7. The van der Waals surface area contributed by atoms with Crippen LogP contribution in [-0.4, -0.2) is 20.9 Å². The van der Waals surface area contributed by atoms with Crippen molar-refractivity contribution in [3.05, 3.63) is 60.0 Å². The minimum absolute atomic E-state index is 0.00526. The Hall–Kier alpha value is -2.12. The van der Waals surface area contributed by atoms with Gasteiger partial charge in [0.15, 0.2) is 0 Å². The summed E-state index contributed by atoms with van der Waals surface area (Å²) < 4.78 is 27.2. The van der Waals surface area contributed by atoms with E-state index in [1.807, 2.05) is 12.1 Å². The lowest BCUT2D eigenvalue weighted by Crippen LogP contribution is -2.34. The number of carbonyl (C=O) groups excluding carboxylic acids is 1. The minimum Gasteiger partial charge on any atom is -0.352 e. The third-order valence-electron chi connectivity index (χ3n) is 4.04. The average molecular weight is 362 g/mol. The molecular formula is C17H18N2O3S2. The molecule has 1 saturated carbocycles. The predicted molar refractivity (Wildman–Crippen MR) is 95.7 cm³/mol. The summed E-state index contributed by atoms with van der Waals surface area (Å²) in [5.74, 6) is -0.00526. The molecule has 3 rings (SSSR count). The van der Waals surface area contributed by atoms with Crippen molar-refractivity contribution in [1.29, 1.82) is 0 Å². The van der Waals surface area contributed by atoms with Gasteiger partial charge in [-0.15, -0.1) is 17.9 Å². The molecule has 0 unspecified atom stereocenters. The summed E-state index contributed by atoms with van der Waals surface area (Å²) in [6, 6.07) is 10.3. The molecule has 1 heterocycles. The van der Waals surface area contributed by atoms with E-state index < -0.39 is 15.4 Å². The van der Waals surface area contributed by atoms with Crippen LogP contribution in [0.3, 0.4) is 0 Å². The van der Waals surface area contributed by atoms with Crippen LogP contribution in [0.2, 0.25) is 0 Å². The maximum Gasteiger partial charge on any atom is 0.271 e. The largest absolute Gasteiger partial charge is 0.352 e. The van der Waals surface area contributed by atoms with Crippen LogP contribution in [0, 0.1) is 0 Å². The van der Waals surface area contributed by atoms with Crippen LogP contribution in [0.15, 0.2) is 58.6 Å². The Morgan fingerprint density at radius 3 is 2.50 bits per heavy atom. The van der Waals surface area contributed by atoms with Crippen molar-refractivity contribution in [1.82, 2.24) is 5.32 Å². The molecule has 0 saturated heterocycles. The molecule has 7 heteroatoms. The lowest BCUT2D eigenvalue weighted by atomic mass is 9.95. The van der Waals surface area contributed by atoms with Gasteiger partial charge in [-0.25, -0.2) is 8.42 Å². The second-order valence-electron chi connectivity index (χ2n) is 5.70. The van der Waals surface area contributed by atoms with E-state index in [1.165, 1.54) is 11.3 Å². The Morgan fingerprint density at radius 2 is 1.96 bits per heavy atom. The van der Waals surface area contributed by atoms with Gasteiger partial charge in [-0.3, -0.25) is 9.52 Å². The second kappa shape index (κ2) is 6.41.